The minimum absolute atomic E-state index is 0.437. The molecule has 0 aliphatic carbocycles. The lowest BCUT2D eigenvalue weighted by Crippen LogP contribution is -2.41. The van der Waals surface area contributed by atoms with Crippen LogP contribution in [0.5, 0.6) is 0 Å². The maximum absolute atomic E-state index is 6.45. The fourth-order valence-corrected chi connectivity index (χ4v) is 4.68. The minimum atomic E-state index is -0.489. The summed E-state index contributed by atoms with van der Waals surface area (Å²) < 4.78 is 12.9. The highest BCUT2D eigenvalue weighted by Crippen LogP contribution is 2.38. The Morgan fingerprint density at radius 3 is 1.36 bits per heavy atom. The van der Waals surface area contributed by atoms with E-state index in [2.05, 4.69) is 52.0 Å². The molecule has 1 fully saturated rings. The Morgan fingerprint density at radius 1 is 0.487 bits per heavy atom. The van der Waals surface area contributed by atoms with Crippen molar-refractivity contribution in [1.29, 1.82) is 0 Å². The van der Waals surface area contributed by atoms with Gasteiger partial charge in [-0.25, -0.2) is 15.0 Å². The van der Waals surface area contributed by atoms with Gasteiger partial charge in [-0.15, -0.1) is 0 Å². The summed E-state index contributed by atoms with van der Waals surface area (Å²) in [6, 6.07) is 36.6. The molecule has 1 saturated heterocycles. The van der Waals surface area contributed by atoms with Gasteiger partial charge in [0.2, 0.25) is 0 Å². The summed E-state index contributed by atoms with van der Waals surface area (Å²) in [6.45, 7) is 8.30. The molecule has 0 amide bonds. The van der Waals surface area contributed by atoms with E-state index < -0.39 is 18.3 Å². The lowest BCUT2D eigenvalue weighted by Gasteiger charge is -2.32. The maximum atomic E-state index is 6.45. The third-order valence-corrected chi connectivity index (χ3v) is 7.60. The van der Waals surface area contributed by atoms with Crippen LogP contribution >= 0.6 is 0 Å². The zero-order valence-corrected chi connectivity index (χ0v) is 22.6. The van der Waals surface area contributed by atoms with Gasteiger partial charge in [-0.3, -0.25) is 0 Å². The molecule has 2 heterocycles. The molecular formula is C33H30BN3O2. The van der Waals surface area contributed by atoms with Crippen LogP contribution in [-0.2, 0) is 9.31 Å². The minimum Gasteiger partial charge on any atom is -0.399 e. The van der Waals surface area contributed by atoms with Crippen LogP contribution in [0.2, 0.25) is 0 Å². The molecule has 4 aromatic carbocycles. The summed E-state index contributed by atoms with van der Waals surface area (Å²) in [5, 5.41) is 0. The Hall–Kier alpha value is -4.13. The zero-order valence-electron chi connectivity index (χ0n) is 22.6. The fourth-order valence-electron chi connectivity index (χ4n) is 4.68. The third kappa shape index (κ3) is 4.89. The monoisotopic (exact) mass is 511 g/mol. The standard InChI is InChI=1S/C33H30BN3O2/c1-32(2)33(3,4)39-34(38-32)28-21-20-26(22-27(28)23-14-8-5-9-15-23)31-36-29(24-16-10-6-11-17-24)35-30(37-31)25-18-12-7-13-19-25/h5-22H,1-4H3. The predicted molar refractivity (Wildman–Crippen MR) is 157 cm³/mol. The molecule has 1 aliphatic rings. The molecule has 6 heteroatoms. The van der Waals surface area contributed by atoms with Crippen LogP contribution in [0.15, 0.2) is 109 Å². The van der Waals surface area contributed by atoms with Gasteiger partial charge < -0.3 is 9.31 Å². The molecule has 5 nitrogen and oxygen atoms in total. The highest BCUT2D eigenvalue weighted by Gasteiger charge is 2.52. The van der Waals surface area contributed by atoms with Crippen molar-refractivity contribution >= 4 is 12.6 Å². The van der Waals surface area contributed by atoms with Crippen LogP contribution in [0.25, 0.3) is 45.3 Å². The Kier molecular flexibility index (Phi) is 6.38. The van der Waals surface area contributed by atoms with E-state index in [1.807, 2.05) is 84.9 Å². The number of rotatable bonds is 5. The van der Waals surface area contributed by atoms with E-state index in [0.717, 1.165) is 33.3 Å². The predicted octanol–water partition coefficient (Wildman–Crippen LogP) is 6.84. The van der Waals surface area contributed by atoms with E-state index in [-0.39, 0.29) is 0 Å². The number of hydrogen-bond acceptors (Lipinski definition) is 5. The van der Waals surface area contributed by atoms with E-state index in [9.17, 15) is 0 Å². The first-order valence-electron chi connectivity index (χ1n) is 13.2. The summed E-state index contributed by atoms with van der Waals surface area (Å²) in [5.74, 6) is 1.88. The van der Waals surface area contributed by atoms with E-state index in [1.165, 1.54) is 0 Å². The molecule has 6 rings (SSSR count). The highest BCUT2D eigenvalue weighted by molar-refractivity contribution is 6.64. The van der Waals surface area contributed by atoms with Crippen LogP contribution in [-0.4, -0.2) is 33.3 Å². The average Bonchev–Trinajstić information content (AvgIpc) is 3.20. The van der Waals surface area contributed by atoms with Gasteiger partial charge in [-0.05, 0) is 50.4 Å². The van der Waals surface area contributed by atoms with Crippen molar-refractivity contribution in [3.05, 3.63) is 109 Å². The normalized spacial score (nSPS) is 15.8. The average molecular weight is 511 g/mol. The van der Waals surface area contributed by atoms with Gasteiger partial charge in [0, 0.05) is 16.7 Å². The van der Waals surface area contributed by atoms with Gasteiger partial charge in [-0.1, -0.05) is 103 Å². The van der Waals surface area contributed by atoms with Crippen molar-refractivity contribution in [3.63, 3.8) is 0 Å². The van der Waals surface area contributed by atoms with Crippen LogP contribution in [0.1, 0.15) is 27.7 Å². The van der Waals surface area contributed by atoms with Crippen LogP contribution in [0, 0.1) is 0 Å². The van der Waals surface area contributed by atoms with Gasteiger partial charge in [0.05, 0.1) is 11.2 Å². The van der Waals surface area contributed by atoms with Gasteiger partial charge in [0.15, 0.2) is 17.5 Å². The molecule has 39 heavy (non-hydrogen) atoms. The molecule has 0 spiro atoms. The van der Waals surface area contributed by atoms with Gasteiger partial charge in [-0.2, -0.15) is 0 Å². The SMILES string of the molecule is CC1(C)OB(c2ccc(-c3nc(-c4ccccc4)nc(-c4ccccc4)n3)cc2-c2ccccc2)OC1(C)C. The first kappa shape index (κ1) is 25.2. The largest absolute Gasteiger partial charge is 0.495 e. The molecule has 1 aromatic heterocycles. The topological polar surface area (TPSA) is 57.1 Å². The van der Waals surface area contributed by atoms with Crippen molar-refractivity contribution < 1.29 is 9.31 Å². The molecule has 5 aromatic rings. The van der Waals surface area contributed by atoms with Crippen molar-refractivity contribution in [2.24, 2.45) is 0 Å². The Balaban J connectivity index is 1.51. The first-order valence-corrected chi connectivity index (χ1v) is 13.2. The number of benzene rings is 4. The fraction of sp³-hybridized carbons (Fsp3) is 0.182. The van der Waals surface area contributed by atoms with E-state index in [0.29, 0.717) is 17.5 Å². The molecule has 0 radical (unpaired) electrons. The lowest BCUT2D eigenvalue weighted by molar-refractivity contribution is 0.00578. The second-order valence-corrected chi connectivity index (χ2v) is 10.8. The Labute approximate surface area is 230 Å². The second kappa shape index (κ2) is 9.88. The molecule has 0 atom stereocenters. The lowest BCUT2D eigenvalue weighted by atomic mass is 9.74. The van der Waals surface area contributed by atoms with E-state index >= 15 is 0 Å². The van der Waals surface area contributed by atoms with Crippen molar-refractivity contribution in [2.75, 3.05) is 0 Å². The summed E-state index contributed by atoms with van der Waals surface area (Å²) in [7, 11) is -0.489. The van der Waals surface area contributed by atoms with Gasteiger partial charge >= 0.3 is 7.12 Å². The Morgan fingerprint density at radius 2 is 0.897 bits per heavy atom. The Bertz CT molecular complexity index is 1530. The van der Waals surface area contributed by atoms with Crippen LogP contribution < -0.4 is 5.46 Å². The zero-order chi connectivity index (χ0) is 27.0. The molecule has 192 valence electrons. The van der Waals surface area contributed by atoms with Gasteiger partial charge in [0.25, 0.3) is 0 Å². The highest BCUT2D eigenvalue weighted by atomic mass is 16.7. The molecular weight excluding hydrogens is 481 g/mol. The number of hydrogen-bond donors (Lipinski definition) is 0. The van der Waals surface area contributed by atoms with Crippen LogP contribution in [0.4, 0.5) is 0 Å². The van der Waals surface area contributed by atoms with E-state index in [1.54, 1.807) is 0 Å². The second-order valence-electron chi connectivity index (χ2n) is 10.8. The maximum Gasteiger partial charge on any atom is 0.495 e. The smallest absolute Gasteiger partial charge is 0.399 e. The summed E-state index contributed by atoms with van der Waals surface area (Å²) in [4.78, 5) is 14.7. The van der Waals surface area contributed by atoms with Crippen LogP contribution in [0.3, 0.4) is 0 Å². The van der Waals surface area contributed by atoms with Crippen molar-refractivity contribution in [2.45, 2.75) is 38.9 Å². The molecule has 0 unspecified atom stereocenters. The number of aromatic nitrogens is 3. The third-order valence-electron chi connectivity index (χ3n) is 7.60. The van der Waals surface area contributed by atoms with E-state index in [4.69, 9.17) is 24.3 Å². The van der Waals surface area contributed by atoms with Crippen molar-refractivity contribution in [3.8, 4) is 45.3 Å². The number of nitrogens with zero attached hydrogens (tertiary/aromatic N) is 3. The molecule has 0 bridgehead atoms. The van der Waals surface area contributed by atoms with Gasteiger partial charge in [0.1, 0.15) is 0 Å². The molecule has 1 aliphatic heterocycles. The summed E-state index contributed by atoms with van der Waals surface area (Å²) in [5.41, 5.74) is 4.97. The first-order chi connectivity index (χ1) is 18.8. The molecule has 0 N–H and O–H groups in total. The van der Waals surface area contributed by atoms with Crippen molar-refractivity contribution in [1.82, 2.24) is 15.0 Å². The summed E-state index contributed by atoms with van der Waals surface area (Å²) >= 11 is 0. The quantitative estimate of drug-likeness (QED) is 0.242. The molecule has 0 saturated carbocycles. The summed E-state index contributed by atoms with van der Waals surface area (Å²) in [6.07, 6.45) is 0.